The molecule has 0 spiro atoms. The van der Waals surface area contributed by atoms with Gasteiger partial charge in [-0.1, -0.05) is 37.3 Å². The normalized spacial score (nSPS) is 11.1. The lowest BCUT2D eigenvalue weighted by molar-refractivity contribution is -0.139. The number of benzene rings is 2. The Labute approximate surface area is 132 Å². The van der Waals surface area contributed by atoms with Gasteiger partial charge in [-0.2, -0.15) is 13.2 Å². The number of hydrogen-bond donors (Lipinski definition) is 1. The topological polar surface area (TPSA) is 38.3 Å². The van der Waals surface area contributed by atoms with Crippen molar-refractivity contribution < 1.29 is 22.7 Å². The van der Waals surface area contributed by atoms with Crippen molar-refractivity contribution in [3.8, 4) is 5.75 Å². The van der Waals surface area contributed by atoms with Gasteiger partial charge in [-0.15, -0.1) is 0 Å². The van der Waals surface area contributed by atoms with Gasteiger partial charge in [0.1, 0.15) is 5.75 Å². The number of halogens is 3. The molecule has 0 aliphatic heterocycles. The molecule has 0 aliphatic carbocycles. The zero-order valence-corrected chi connectivity index (χ0v) is 12.5. The Balaban J connectivity index is 2.03. The van der Waals surface area contributed by atoms with Gasteiger partial charge in [0.15, 0.2) is 6.61 Å². The highest BCUT2D eigenvalue weighted by Gasteiger charge is 2.34. The Kier molecular flexibility index (Phi) is 5.26. The molecule has 6 heteroatoms. The number of hydrogen-bond acceptors (Lipinski definition) is 2. The molecule has 0 aliphatic rings. The van der Waals surface area contributed by atoms with Gasteiger partial charge in [0.05, 0.1) is 5.56 Å². The Hall–Kier alpha value is -2.50. The highest BCUT2D eigenvalue weighted by molar-refractivity contribution is 5.92. The summed E-state index contributed by atoms with van der Waals surface area (Å²) in [6.45, 7) is 1.45. The van der Waals surface area contributed by atoms with Gasteiger partial charge in [-0.25, -0.2) is 0 Å². The van der Waals surface area contributed by atoms with Crippen LogP contribution < -0.4 is 10.1 Å². The minimum atomic E-state index is -4.53. The molecule has 0 radical (unpaired) electrons. The molecule has 0 fully saturated rings. The van der Waals surface area contributed by atoms with Crippen LogP contribution in [0.5, 0.6) is 5.75 Å². The van der Waals surface area contributed by atoms with Gasteiger partial charge in [0.25, 0.3) is 5.91 Å². The van der Waals surface area contributed by atoms with Gasteiger partial charge < -0.3 is 10.1 Å². The van der Waals surface area contributed by atoms with E-state index < -0.39 is 24.3 Å². The third-order valence-corrected chi connectivity index (χ3v) is 3.22. The summed E-state index contributed by atoms with van der Waals surface area (Å²) in [5, 5.41) is 2.64. The summed E-state index contributed by atoms with van der Waals surface area (Å²) >= 11 is 0. The van der Waals surface area contributed by atoms with Crippen molar-refractivity contribution in [1.29, 1.82) is 0 Å². The fourth-order valence-electron chi connectivity index (χ4n) is 2.11. The van der Waals surface area contributed by atoms with E-state index in [0.29, 0.717) is 5.69 Å². The van der Waals surface area contributed by atoms with E-state index >= 15 is 0 Å². The number of nitrogens with one attached hydrogen (secondary N) is 1. The van der Waals surface area contributed by atoms with E-state index in [1.54, 1.807) is 12.1 Å². The maximum absolute atomic E-state index is 12.8. The van der Waals surface area contributed by atoms with E-state index in [9.17, 15) is 18.0 Å². The summed E-state index contributed by atoms with van der Waals surface area (Å²) in [6.07, 6.45) is -3.80. The molecule has 0 saturated carbocycles. The number of carbonyl (C=O) groups is 1. The van der Waals surface area contributed by atoms with E-state index in [1.807, 2.05) is 19.1 Å². The van der Waals surface area contributed by atoms with Crippen LogP contribution in [0.3, 0.4) is 0 Å². The monoisotopic (exact) mass is 323 g/mol. The molecule has 2 rings (SSSR count). The van der Waals surface area contributed by atoms with Gasteiger partial charge in [0, 0.05) is 5.69 Å². The summed E-state index contributed by atoms with van der Waals surface area (Å²) in [5.74, 6) is -0.873. The van der Waals surface area contributed by atoms with Crippen molar-refractivity contribution >= 4 is 11.6 Å². The summed E-state index contributed by atoms with van der Waals surface area (Å²) in [7, 11) is 0. The average molecular weight is 323 g/mol. The number of para-hydroxylation sites is 2. The van der Waals surface area contributed by atoms with Crippen LogP contribution in [-0.2, 0) is 17.4 Å². The lowest BCUT2D eigenvalue weighted by Gasteiger charge is -2.14. The van der Waals surface area contributed by atoms with E-state index in [2.05, 4.69) is 5.32 Å². The van der Waals surface area contributed by atoms with Crippen molar-refractivity contribution in [3.63, 3.8) is 0 Å². The molecule has 3 nitrogen and oxygen atoms in total. The standard InChI is InChI=1S/C17H16F3NO2/c1-2-12-7-3-5-9-14(12)21-16(22)11-23-15-10-6-4-8-13(15)17(18,19)20/h3-10H,2,11H2,1H3,(H,21,22). The molecule has 0 atom stereocenters. The Bertz CT molecular complexity index is 684. The molecule has 0 heterocycles. The average Bonchev–Trinajstić information content (AvgIpc) is 2.53. The maximum Gasteiger partial charge on any atom is 0.419 e. The first-order valence-electron chi connectivity index (χ1n) is 7.08. The second-order valence-electron chi connectivity index (χ2n) is 4.84. The molecule has 1 N–H and O–H groups in total. The first-order valence-corrected chi connectivity index (χ1v) is 7.08. The minimum absolute atomic E-state index is 0.362. The zero-order valence-electron chi connectivity index (χ0n) is 12.5. The molecule has 2 aromatic rings. The number of amides is 1. The van der Waals surface area contributed by atoms with Crippen molar-refractivity contribution in [2.24, 2.45) is 0 Å². The lowest BCUT2D eigenvalue weighted by Crippen LogP contribution is -2.22. The molecule has 23 heavy (non-hydrogen) atoms. The predicted molar refractivity (Wildman–Crippen MR) is 81.4 cm³/mol. The molecule has 122 valence electrons. The van der Waals surface area contributed by atoms with Crippen LogP contribution >= 0.6 is 0 Å². The number of alkyl halides is 3. The molecular formula is C17H16F3NO2. The van der Waals surface area contributed by atoms with E-state index in [4.69, 9.17) is 4.74 Å². The second-order valence-corrected chi connectivity index (χ2v) is 4.84. The Morgan fingerprint density at radius 1 is 1.09 bits per heavy atom. The fraction of sp³-hybridized carbons (Fsp3) is 0.235. The molecule has 2 aromatic carbocycles. The van der Waals surface area contributed by atoms with E-state index in [-0.39, 0.29) is 5.75 Å². The molecule has 1 amide bonds. The summed E-state index contributed by atoms with van der Waals surface area (Å²) in [4.78, 5) is 11.9. The van der Waals surface area contributed by atoms with Gasteiger partial charge in [0.2, 0.25) is 0 Å². The van der Waals surface area contributed by atoms with Crippen LogP contribution in [0.2, 0.25) is 0 Å². The summed E-state index contributed by atoms with van der Waals surface area (Å²) in [5.41, 5.74) is 0.672. The summed E-state index contributed by atoms with van der Waals surface area (Å²) < 4.78 is 43.6. The van der Waals surface area contributed by atoms with Crippen LogP contribution in [-0.4, -0.2) is 12.5 Å². The number of anilines is 1. The fourth-order valence-corrected chi connectivity index (χ4v) is 2.11. The summed E-state index contributed by atoms with van der Waals surface area (Å²) in [6, 6.07) is 12.0. The second kappa shape index (κ2) is 7.17. The van der Waals surface area contributed by atoms with Crippen LogP contribution in [0.4, 0.5) is 18.9 Å². The first-order chi connectivity index (χ1) is 10.9. The van der Waals surface area contributed by atoms with Gasteiger partial charge in [-0.05, 0) is 30.2 Å². The number of rotatable bonds is 5. The van der Waals surface area contributed by atoms with Crippen molar-refractivity contribution in [2.45, 2.75) is 19.5 Å². The van der Waals surface area contributed by atoms with Crippen LogP contribution in [0, 0.1) is 0 Å². The molecular weight excluding hydrogens is 307 g/mol. The van der Waals surface area contributed by atoms with E-state index in [0.717, 1.165) is 18.1 Å². The van der Waals surface area contributed by atoms with Gasteiger partial charge in [-0.3, -0.25) is 4.79 Å². The smallest absolute Gasteiger partial charge is 0.419 e. The molecule has 0 saturated heterocycles. The van der Waals surface area contributed by atoms with Crippen LogP contribution in [0.25, 0.3) is 0 Å². The van der Waals surface area contributed by atoms with Gasteiger partial charge >= 0.3 is 6.18 Å². The van der Waals surface area contributed by atoms with Crippen LogP contribution in [0.15, 0.2) is 48.5 Å². The molecule has 0 aromatic heterocycles. The molecule has 0 unspecified atom stereocenters. The van der Waals surface area contributed by atoms with Crippen molar-refractivity contribution in [2.75, 3.05) is 11.9 Å². The van der Waals surface area contributed by atoms with E-state index in [1.165, 1.54) is 18.2 Å². The van der Waals surface area contributed by atoms with Crippen LogP contribution in [0.1, 0.15) is 18.1 Å². The lowest BCUT2D eigenvalue weighted by atomic mass is 10.1. The van der Waals surface area contributed by atoms with Crippen molar-refractivity contribution in [1.82, 2.24) is 0 Å². The third-order valence-electron chi connectivity index (χ3n) is 3.22. The third kappa shape index (κ3) is 4.48. The minimum Gasteiger partial charge on any atom is -0.483 e. The Morgan fingerprint density at radius 2 is 1.74 bits per heavy atom. The molecule has 0 bridgehead atoms. The first kappa shape index (κ1) is 16.9. The number of ether oxygens (including phenoxy) is 1. The van der Waals surface area contributed by atoms with Crippen molar-refractivity contribution in [3.05, 3.63) is 59.7 Å². The highest BCUT2D eigenvalue weighted by atomic mass is 19.4. The largest absolute Gasteiger partial charge is 0.483 e. The number of aryl methyl sites for hydroxylation is 1. The number of carbonyl (C=O) groups excluding carboxylic acids is 1. The highest BCUT2D eigenvalue weighted by Crippen LogP contribution is 2.35. The predicted octanol–water partition coefficient (Wildman–Crippen LogP) is 4.29. The SMILES string of the molecule is CCc1ccccc1NC(=O)COc1ccccc1C(F)(F)F. The Morgan fingerprint density at radius 3 is 2.43 bits per heavy atom. The zero-order chi connectivity index (χ0) is 16.9. The maximum atomic E-state index is 12.8. The quantitative estimate of drug-likeness (QED) is 0.891.